The van der Waals surface area contributed by atoms with Gasteiger partial charge in [0.2, 0.25) is 11.1 Å². The molecule has 0 atom stereocenters. The monoisotopic (exact) mass is 318 g/mol. The number of nitrogens with zero attached hydrogens (tertiary/aromatic N) is 2. The Kier molecular flexibility index (Phi) is 4.33. The normalized spacial score (nSPS) is 11.6. The fourth-order valence-corrected chi connectivity index (χ4v) is 3.90. The van der Waals surface area contributed by atoms with Crippen molar-refractivity contribution >= 4 is 39.1 Å². The van der Waals surface area contributed by atoms with Crippen molar-refractivity contribution in [3.63, 3.8) is 0 Å². The van der Waals surface area contributed by atoms with Crippen LogP contribution in [0.1, 0.15) is 0 Å². The molecule has 0 amide bonds. The number of rotatable bonds is 5. The summed E-state index contributed by atoms with van der Waals surface area (Å²) in [6, 6.07) is 6.09. The van der Waals surface area contributed by atoms with E-state index in [4.69, 9.17) is 17.3 Å². The Morgan fingerprint density at radius 2 is 2.00 bits per heavy atom. The summed E-state index contributed by atoms with van der Waals surface area (Å²) in [5.41, 5.74) is 5.37. The maximum absolute atomic E-state index is 12.0. The molecule has 0 saturated heterocycles. The highest BCUT2D eigenvalue weighted by Crippen LogP contribution is 2.18. The molecule has 3 N–H and O–H groups in total. The van der Waals surface area contributed by atoms with Crippen LogP contribution in [0, 0.1) is 0 Å². The molecule has 0 aliphatic heterocycles. The third-order valence-electron chi connectivity index (χ3n) is 2.24. The molecule has 19 heavy (non-hydrogen) atoms. The van der Waals surface area contributed by atoms with Crippen molar-refractivity contribution < 1.29 is 8.42 Å². The van der Waals surface area contributed by atoms with Crippen molar-refractivity contribution in [3.05, 3.63) is 29.3 Å². The summed E-state index contributed by atoms with van der Waals surface area (Å²) in [5.74, 6) is 0.554. The van der Waals surface area contributed by atoms with Crippen molar-refractivity contribution in [1.82, 2.24) is 15.2 Å². The molecule has 2 rings (SSSR count). The molecule has 0 spiro atoms. The average molecular weight is 319 g/mol. The van der Waals surface area contributed by atoms with Crippen molar-refractivity contribution in [2.45, 2.75) is 10.1 Å². The highest BCUT2D eigenvalue weighted by Gasteiger charge is 2.14. The van der Waals surface area contributed by atoms with E-state index in [0.29, 0.717) is 15.9 Å². The summed E-state index contributed by atoms with van der Waals surface area (Å²) in [5, 5.41) is 7.23. The first-order valence-corrected chi connectivity index (χ1v) is 8.28. The van der Waals surface area contributed by atoms with E-state index < -0.39 is 9.84 Å². The van der Waals surface area contributed by atoms with Gasteiger partial charge < -0.3 is 5.73 Å². The van der Waals surface area contributed by atoms with Crippen LogP contribution in [0.4, 0.5) is 5.95 Å². The third-order valence-corrected chi connectivity index (χ3v) is 5.33. The maximum Gasteiger partial charge on any atom is 0.216 e. The molecule has 0 radical (unpaired) electrons. The van der Waals surface area contributed by atoms with Gasteiger partial charge in [-0.1, -0.05) is 23.4 Å². The summed E-state index contributed by atoms with van der Waals surface area (Å²) in [4.78, 5) is 4.13. The Bertz CT molecular complexity index is 654. The molecule has 1 heterocycles. The standard InChI is InChI=1S/C10H11ClN4O2S2/c11-7-1-3-8(4-2-7)19(16,17)6-5-18-10-13-9(12)14-15-10/h1-4H,5-6H2,(H3,12,13,14,15). The zero-order valence-electron chi connectivity index (χ0n) is 9.71. The van der Waals surface area contributed by atoms with Crippen LogP contribution in [0.25, 0.3) is 0 Å². The predicted octanol–water partition coefficient (Wildman–Crippen LogP) is 1.61. The van der Waals surface area contributed by atoms with Gasteiger partial charge in [-0.05, 0) is 24.3 Å². The van der Waals surface area contributed by atoms with E-state index in [1.54, 1.807) is 12.1 Å². The van der Waals surface area contributed by atoms with Gasteiger partial charge in [0.05, 0.1) is 10.6 Å². The predicted molar refractivity (Wildman–Crippen MR) is 75.0 cm³/mol. The van der Waals surface area contributed by atoms with Crippen LogP contribution >= 0.6 is 23.4 Å². The quantitative estimate of drug-likeness (QED) is 0.812. The number of hydrogen-bond donors (Lipinski definition) is 2. The first kappa shape index (κ1) is 14.2. The minimum absolute atomic E-state index is 0.00621. The molecule has 102 valence electrons. The number of thioether (sulfide) groups is 1. The summed E-state index contributed by atoms with van der Waals surface area (Å²) in [6.07, 6.45) is 0. The smallest absolute Gasteiger partial charge is 0.216 e. The SMILES string of the molecule is Nc1nc(SCCS(=O)(=O)c2ccc(Cl)cc2)n[nH]1. The third kappa shape index (κ3) is 3.85. The second-order valence-corrected chi connectivity index (χ2v) is 7.23. The lowest BCUT2D eigenvalue weighted by Crippen LogP contribution is -2.08. The topological polar surface area (TPSA) is 102 Å². The zero-order valence-corrected chi connectivity index (χ0v) is 12.1. The molecule has 0 aliphatic carbocycles. The summed E-state index contributed by atoms with van der Waals surface area (Å²) in [6.45, 7) is 0. The molecule has 0 aliphatic rings. The Morgan fingerprint density at radius 3 is 2.58 bits per heavy atom. The van der Waals surface area contributed by atoms with Crippen LogP contribution in [-0.4, -0.2) is 35.1 Å². The van der Waals surface area contributed by atoms with Gasteiger partial charge in [0, 0.05) is 10.8 Å². The number of nitrogens with two attached hydrogens (primary N) is 1. The van der Waals surface area contributed by atoms with Gasteiger partial charge in [-0.2, -0.15) is 4.98 Å². The van der Waals surface area contributed by atoms with E-state index in [1.165, 1.54) is 23.9 Å². The molecule has 0 saturated carbocycles. The number of nitrogen functional groups attached to an aromatic ring is 1. The Labute approximate surface area is 119 Å². The van der Waals surface area contributed by atoms with Crippen LogP contribution in [0.2, 0.25) is 5.02 Å². The number of anilines is 1. The largest absolute Gasteiger partial charge is 0.368 e. The van der Waals surface area contributed by atoms with Crippen molar-refractivity contribution in [1.29, 1.82) is 0 Å². The Morgan fingerprint density at radius 1 is 1.32 bits per heavy atom. The van der Waals surface area contributed by atoms with Crippen molar-refractivity contribution in [3.8, 4) is 0 Å². The van der Waals surface area contributed by atoms with Gasteiger partial charge in [-0.3, -0.25) is 0 Å². The van der Waals surface area contributed by atoms with Gasteiger partial charge in [0.25, 0.3) is 0 Å². The van der Waals surface area contributed by atoms with E-state index >= 15 is 0 Å². The van der Waals surface area contributed by atoms with Crippen LogP contribution < -0.4 is 5.73 Å². The van der Waals surface area contributed by atoms with Crippen molar-refractivity contribution in [2.24, 2.45) is 0 Å². The molecule has 0 fully saturated rings. The fraction of sp³-hybridized carbons (Fsp3) is 0.200. The second kappa shape index (κ2) is 5.81. The molecule has 1 aromatic heterocycles. The van der Waals surface area contributed by atoms with E-state index in [-0.39, 0.29) is 16.6 Å². The summed E-state index contributed by atoms with van der Waals surface area (Å²) < 4.78 is 24.0. The lowest BCUT2D eigenvalue weighted by Gasteiger charge is -2.03. The van der Waals surface area contributed by atoms with Crippen LogP contribution in [-0.2, 0) is 9.84 Å². The Balaban J connectivity index is 1.96. The second-order valence-electron chi connectivity index (χ2n) is 3.62. The molecule has 0 unspecified atom stereocenters. The maximum atomic E-state index is 12.0. The van der Waals surface area contributed by atoms with E-state index in [0.717, 1.165) is 0 Å². The number of benzene rings is 1. The molecule has 2 aromatic rings. The highest BCUT2D eigenvalue weighted by atomic mass is 35.5. The van der Waals surface area contributed by atoms with Gasteiger partial charge >= 0.3 is 0 Å². The van der Waals surface area contributed by atoms with E-state index in [9.17, 15) is 8.42 Å². The van der Waals surface area contributed by atoms with Gasteiger partial charge in [0.1, 0.15) is 0 Å². The number of halogens is 1. The molecule has 0 bridgehead atoms. The number of aromatic amines is 1. The van der Waals surface area contributed by atoms with Crippen LogP contribution in [0.3, 0.4) is 0 Å². The number of nitrogens with one attached hydrogen (secondary N) is 1. The number of sulfone groups is 1. The molecule has 6 nitrogen and oxygen atoms in total. The number of hydrogen-bond acceptors (Lipinski definition) is 6. The first-order valence-electron chi connectivity index (χ1n) is 5.26. The van der Waals surface area contributed by atoms with E-state index in [2.05, 4.69) is 15.2 Å². The zero-order chi connectivity index (χ0) is 13.9. The van der Waals surface area contributed by atoms with Crippen LogP contribution in [0.5, 0.6) is 0 Å². The van der Waals surface area contributed by atoms with Gasteiger partial charge in [-0.15, -0.1) is 5.10 Å². The average Bonchev–Trinajstić information content (AvgIpc) is 2.75. The van der Waals surface area contributed by atoms with Crippen molar-refractivity contribution in [2.75, 3.05) is 17.2 Å². The van der Waals surface area contributed by atoms with E-state index in [1.807, 2.05) is 0 Å². The van der Waals surface area contributed by atoms with Crippen LogP contribution in [0.15, 0.2) is 34.3 Å². The number of aromatic nitrogens is 3. The summed E-state index contributed by atoms with van der Waals surface area (Å²) in [7, 11) is -3.32. The lowest BCUT2D eigenvalue weighted by atomic mass is 10.4. The minimum atomic E-state index is -3.32. The molecular weight excluding hydrogens is 308 g/mol. The lowest BCUT2D eigenvalue weighted by molar-refractivity contribution is 0.597. The Hall–Kier alpha value is -1.25. The minimum Gasteiger partial charge on any atom is -0.368 e. The summed E-state index contributed by atoms with van der Waals surface area (Å²) >= 11 is 6.94. The van der Waals surface area contributed by atoms with Gasteiger partial charge in [-0.25, -0.2) is 13.5 Å². The number of H-pyrrole nitrogens is 1. The molecule has 9 heteroatoms. The molecular formula is C10H11ClN4O2S2. The first-order chi connectivity index (χ1) is 8.97. The fourth-order valence-electron chi connectivity index (χ4n) is 1.33. The molecule has 1 aromatic carbocycles. The highest BCUT2D eigenvalue weighted by molar-refractivity contribution is 8.00. The van der Waals surface area contributed by atoms with Gasteiger partial charge in [0.15, 0.2) is 9.84 Å².